The van der Waals surface area contributed by atoms with Gasteiger partial charge in [0.05, 0.1) is 11.4 Å². The van der Waals surface area contributed by atoms with Crippen LogP contribution in [0.4, 0.5) is 5.69 Å². The Morgan fingerprint density at radius 2 is 1.97 bits per heavy atom. The average Bonchev–Trinajstić information content (AvgIpc) is 3.12. The number of aromatic amines is 1. The van der Waals surface area contributed by atoms with Gasteiger partial charge in [0.1, 0.15) is 0 Å². The largest absolute Gasteiger partial charge is 0.325 e. The lowest BCUT2D eigenvalue weighted by atomic mass is 10.1. The van der Waals surface area contributed by atoms with E-state index in [2.05, 4.69) is 20.5 Å². The van der Waals surface area contributed by atoms with Crippen LogP contribution in [0.2, 0.25) is 5.02 Å². The maximum absolute atomic E-state index is 12.4. The summed E-state index contributed by atoms with van der Waals surface area (Å²) >= 11 is 7.33. The van der Waals surface area contributed by atoms with E-state index in [1.165, 1.54) is 17.8 Å². The van der Waals surface area contributed by atoms with Gasteiger partial charge in [0, 0.05) is 16.8 Å². The van der Waals surface area contributed by atoms with E-state index in [4.69, 9.17) is 11.6 Å². The van der Waals surface area contributed by atoms with Crippen molar-refractivity contribution in [2.45, 2.75) is 12.1 Å². The fraction of sp³-hybridized carbons (Fsp3) is 0.100. The van der Waals surface area contributed by atoms with Crippen LogP contribution in [0.25, 0.3) is 17.0 Å². The van der Waals surface area contributed by atoms with E-state index < -0.39 is 0 Å². The molecule has 2 heterocycles. The highest BCUT2D eigenvalue weighted by molar-refractivity contribution is 7.99. The summed E-state index contributed by atoms with van der Waals surface area (Å²) in [4.78, 5) is 27.0. The monoisotopic (exact) mass is 425 g/mol. The molecule has 1 amide bonds. The van der Waals surface area contributed by atoms with E-state index in [9.17, 15) is 9.59 Å². The minimum atomic E-state index is -0.269. The average molecular weight is 426 g/mol. The second kappa shape index (κ2) is 8.10. The number of anilines is 1. The van der Waals surface area contributed by atoms with Gasteiger partial charge in [-0.05, 0) is 30.2 Å². The van der Waals surface area contributed by atoms with Crippen LogP contribution in [0, 0.1) is 6.92 Å². The van der Waals surface area contributed by atoms with Crippen LogP contribution < -0.4 is 10.9 Å². The number of halogens is 1. The van der Waals surface area contributed by atoms with Crippen LogP contribution in [0.15, 0.2) is 64.5 Å². The van der Waals surface area contributed by atoms with Crippen LogP contribution >= 0.6 is 23.4 Å². The number of hydrogen-bond donors (Lipinski definition) is 2. The molecular weight excluding hydrogens is 410 g/mol. The third-order valence-corrected chi connectivity index (χ3v) is 5.57. The zero-order valence-corrected chi connectivity index (χ0v) is 16.9. The number of hydrogen-bond acceptors (Lipinski definition) is 5. The van der Waals surface area contributed by atoms with Gasteiger partial charge in [-0.15, -0.1) is 10.2 Å². The van der Waals surface area contributed by atoms with E-state index in [-0.39, 0.29) is 17.2 Å². The first kappa shape index (κ1) is 19.2. The number of benzene rings is 2. The number of nitrogens with zero attached hydrogens (tertiary/aromatic N) is 3. The highest BCUT2D eigenvalue weighted by Gasteiger charge is 2.15. The summed E-state index contributed by atoms with van der Waals surface area (Å²) in [7, 11) is 0. The van der Waals surface area contributed by atoms with Crippen molar-refractivity contribution in [2.75, 3.05) is 11.1 Å². The highest BCUT2D eigenvalue weighted by atomic mass is 35.5. The van der Waals surface area contributed by atoms with E-state index in [1.54, 1.807) is 16.5 Å². The van der Waals surface area contributed by atoms with Gasteiger partial charge in [-0.2, -0.15) is 0 Å². The molecule has 0 spiro atoms. The summed E-state index contributed by atoms with van der Waals surface area (Å²) in [5.74, 6) is 0.251. The zero-order chi connectivity index (χ0) is 20.4. The first-order chi connectivity index (χ1) is 14.0. The van der Waals surface area contributed by atoms with Gasteiger partial charge in [-0.1, -0.05) is 59.8 Å². The van der Waals surface area contributed by atoms with Gasteiger partial charge < -0.3 is 5.32 Å². The fourth-order valence-electron chi connectivity index (χ4n) is 2.82. The summed E-state index contributed by atoms with van der Waals surface area (Å²) in [5, 5.41) is 12.1. The Labute approximate surface area is 175 Å². The molecular formula is C20H16ClN5O2S. The SMILES string of the molecule is Cc1ccc(NC(=O)CSc2nnc3[nH]c(=O)cc(-c4ccccc4)n23)cc1Cl. The molecule has 0 saturated carbocycles. The number of nitrogens with one attached hydrogen (secondary N) is 2. The smallest absolute Gasteiger partial charge is 0.252 e. The van der Waals surface area contributed by atoms with Crippen LogP contribution in [0.5, 0.6) is 0 Å². The molecule has 29 heavy (non-hydrogen) atoms. The maximum Gasteiger partial charge on any atom is 0.252 e. The molecule has 4 rings (SSSR count). The Morgan fingerprint density at radius 1 is 1.17 bits per heavy atom. The highest BCUT2D eigenvalue weighted by Crippen LogP contribution is 2.24. The number of H-pyrrole nitrogens is 1. The normalized spacial score (nSPS) is 11.0. The maximum atomic E-state index is 12.4. The summed E-state index contributed by atoms with van der Waals surface area (Å²) in [6.07, 6.45) is 0. The van der Waals surface area contributed by atoms with Gasteiger partial charge >= 0.3 is 0 Å². The molecule has 7 nitrogen and oxygen atoms in total. The number of carbonyl (C=O) groups is 1. The van der Waals surface area contributed by atoms with Crippen molar-refractivity contribution in [1.82, 2.24) is 19.6 Å². The summed E-state index contributed by atoms with van der Waals surface area (Å²) in [6, 6.07) is 16.3. The van der Waals surface area contributed by atoms with Crippen LogP contribution in [0.3, 0.4) is 0 Å². The summed E-state index contributed by atoms with van der Waals surface area (Å²) in [5.41, 5.74) is 2.81. The fourth-order valence-corrected chi connectivity index (χ4v) is 3.74. The molecule has 0 aliphatic carbocycles. The van der Waals surface area contributed by atoms with E-state index in [0.29, 0.717) is 27.3 Å². The molecule has 9 heteroatoms. The molecule has 2 aromatic heterocycles. The molecule has 2 N–H and O–H groups in total. The third-order valence-electron chi connectivity index (χ3n) is 4.23. The van der Waals surface area contributed by atoms with E-state index in [1.807, 2.05) is 43.3 Å². The number of fused-ring (bicyclic) bond motifs is 1. The Kier molecular flexibility index (Phi) is 5.37. The van der Waals surface area contributed by atoms with Gasteiger partial charge in [-0.25, -0.2) is 0 Å². The predicted octanol–water partition coefficient (Wildman–Crippen LogP) is 3.78. The van der Waals surface area contributed by atoms with Crippen molar-refractivity contribution in [3.05, 3.63) is 75.5 Å². The third kappa shape index (κ3) is 4.18. The molecule has 0 saturated heterocycles. The van der Waals surface area contributed by atoms with Gasteiger partial charge in [0.25, 0.3) is 5.56 Å². The molecule has 0 radical (unpaired) electrons. The minimum Gasteiger partial charge on any atom is -0.325 e. The van der Waals surface area contributed by atoms with Crippen molar-refractivity contribution in [3.63, 3.8) is 0 Å². The zero-order valence-electron chi connectivity index (χ0n) is 15.3. The number of rotatable bonds is 5. The van der Waals surface area contributed by atoms with Crippen LogP contribution in [0.1, 0.15) is 5.56 Å². The molecule has 0 unspecified atom stereocenters. The van der Waals surface area contributed by atoms with Crippen LogP contribution in [-0.4, -0.2) is 31.2 Å². The Balaban J connectivity index is 1.57. The Morgan fingerprint density at radius 3 is 2.72 bits per heavy atom. The number of aryl methyl sites for hydroxylation is 1. The van der Waals surface area contributed by atoms with E-state index in [0.717, 1.165) is 11.1 Å². The van der Waals surface area contributed by atoms with Gasteiger partial charge in [0.2, 0.25) is 11.7 Å². The second-order valence-electron chi connectivity index (χ2n) is 6.33. The Hall–Kier alpha value is -3.10. The Bertz CT molecular complexity index is 1250. The lowest BCUT2D eigenvalue weighted by Gasteiger charge is -2.08. The lowest BCUT2D eigenvalue weighted by Crippen LogP contribution is -2.14. The van der Waals surface area contributed by atoms with Crippen molar-refractivity contribution in [2.24, 2.45) is 0 Å². The minimum absolute atomic E-state index is 0.125. The van der Waals surface area contributed by atoms with Crippen molar-refractivity contribution in [1.29, 1.82) is 0 Å². The standard InChI is InChI=1S/C20H16ClN5O2S/c1-12-7-8-14(9-15(12)21)22-18(28)11-29-20-25-24-19-23-17(27)10-16(26(19)20)13-5-3-2-4-6-13/h2-10H,11H2,1H3,(H,22,28)(H,23,24,27). The molecule has 0 aliphatic rings. The molecule has 0 fully saturated rings. The molecule has 0 bridgehead atoms. The molecule has 0 aliphatic heterocycles. The number of thioether (sulfide) groups is 1. The van der Waals surface area contributed by atoms with Crippen molar-refractivity contribution in [3.8, 4) is 11.3 Å². The van der Waals surface area contributed by atoms with Crippen molar-refractivity contribution >= 4 is 40.7 Å². The first-order valence-corrected chi connectivity index (χ1v) is 10.1. The quantitative estimate of drug-likeness (QED) is 0.475. The van der Waals surface area contributed by atoms with Crippen LogP contribution in [-0.2, 0) is 4.79 Å². The predicted molar refractivity (Wildman–Crippen MR) is 115 cm³/mol. The van der Waals surface area contributed by atoms with Gasteiger partial charge in [-0.3, -0.25) is 19.0 Å². The van der Waals surface area contributed by atoms with E-state index >= 15 is 0 Å². The summed E-state index contributed by atoms with van der Waals surface area (Å²) < 4.78 is 1.73. The lowest BCUT2D eigenvalue weighted by molar-refractivity contribution is -0.113. The molecule has 4 aromatic rings. The van der Waals surface area contributed by atoms with Gasteiger partial charge in [0.15, 0.2) is 5.16 Å². The first-order valence-electron chi connectivity index (χ1n) is 8.74. The molecule has 2 aromatic carbocycles. The van der Waals surface area contributed by atoms with Crippen molar-refractivity contribution < 1.29 is 4.79 Å². The second-order valence-corrected chi connectivity index (χ2v) is 7.68. The summed E-state index contributed by atoms with van der Waals surface area (Å²) in [6.45, 7) is 1.90. The molecule has 0 atom stereocenters. The number of amides is 1. The topological polar surface area (TPSA) is 92.2 Å². The number of carbonyl (C=O) groups excluding carboxylic acids is 1. The number of aromatic nitrogens is 4. The molecule has 146 valence electrons.